The van der Waals surface area contributed by atoms with Crippen LogP contribution in [-0.4, -0.2) is 14.8 Å². The number of anilines is 1. The summed E-state index contributed by atoms with van der Waals surface area (Å²) >= 11 is 0. The fourth-order valence-electron chi connectivity index (χ4n) is 2.76. The van der Waals surface area contributed by atoms with Crippen molar-refractivity contribution in [2.24, 2.45) is 0 Å². The molecule has 1 aliphatic rings. The maximum atomic E-state index is 13.6. The summed E-state index contributed by atoms with van der Waals surface area (Å²) < 4.78 is 15.2. The van der Waals surface area contributed by atoms with Crippen LogP contribution < -0.4 is 10.9 Å². The fourth-order valence-corrected chi connectivity index (χ4v) is 2.76. The van der Waals surface area contributed by atoms with Gasteiger partial charge in [-0.1, -0.05) is 24.3 Å². The summed E-state index contributed by atoms with van der Waals surface area (Å²) in [7, 11) is 0. The van der Waals surface area contributed by atoms with E-state index in [-0.39, 0.29) is 11.4 Å². The van der Waals surface area contributed by atoms with Crippen molar-refractivity contribution in [2.75, 3.05) is 5.32 Å². The van der Waals surface area contributed by atoms with Crippen LogP contribution in [0.5, 0.6) is 0 Å². The molecule has 0 bridgehead atoms. The number of benzene rings is 2. The molecule has 23 heavy (non-hydrogen) atoms. The first kappa shape index (κ1) is 13.6. The van der Waals surface area contributed by atoms with Crippen molar-refractivity contribution in [1.29, 1.82) is 0 Å². The molecule has 0 radical (unpaired) electrons. The van der Waals surface area contributed by atoms with Crippen molar-refractivity contribution in [3.05, 3.63) is 76.0 Å². The topological polar surface area (TPSA) is 59.8 Å². The Morgan fingerprint density at radius 3 is 2.83 bits per heavy atom. The molecule has 2 heterocycles. The summed E-state index contributed by atoms with van der Waals surface area (Å²) in [6.07, 6.45) is -0.428. The maximum absolute atomic E-state index is 13.6. The van der Waals surface area contributed by atoms with Gasteiger partial charge >= 0.3 is 0 Å². The van der Waals surface area contributed by atoms with E-state index in [0.29, 0.717) is 17.1 Å². The summed E-state index contributed by atoms with van der Waals surface area (Å²) in [5.41, 5.74) is 2.28. The van der Waals surface area contributed by atoms with Crippen LogP contribution in [0.4, 0.5) is 10.1 Å². The van der Waals surface area contributed by atoms with Crippen molar-refractivity contribution >= 4 is 5.69 Å². The van der Waals surface area contributed by atoms with Crippen LogP contribution in [0.25, 0.3) is 11.4 Å². The van der Waals surface area contributed by atoms with Gasteiger partial charge in [0.2, 0.25) is 0 Å². The Bertz CT molecular complexity index is 967. The summed E-state index contributed by atoms with van der Waals surface area (Å²) in [5, 5.41) is 7.69. The van der Waals surface area contributed by atoms with Crippen molar-refractivity contribution in [3.8, 4) is 11.4 Å². The number of aromatic nitrogens is 3. The number of rotatable bonds is 1. The van der Waals surface area contributed by atoms with Crippen LogP contribution in [0, 0.1) is 12.7 Å². The molecular weight excluding hydrogens is 295 g/mol. The van der Waals surface area contributed by atoms with Gasteiger partial charge in [0.25, 0.3) is 5.56 Å². The molecule has 0 aliphatic carbocycles. The second-order valence-electron chi connectivity index (χ2n) is 5.42. The summed E-state index contributed by atoms with van der Waals surface area (Å²) in [6, 6.07) is 13.8. The van der Waals surface area contributed by atoms with Crippen LogP contribution in [0.3, 0.4) is 0 Å². The van der Waals surface area contributed by atoms with Gasteiger partial charge in [0.1, 0.15) is 17.7 Å². The third kappa shape index (κ3) is 2.19. The molecule has 0 saturated heterocycles. The van der Waals surface area contributed by atoms with E-state index in [4.69, 9.17) is 0 Å². The Hall–Kier alpha value is -3.02. The van der Waals surface area contributed by atoms with Gasteiger partial charge in [0.15, 0.2) is 5.82 Å². The molecule has 0 unspecified atom stereocenters. The van der Waals surface area contributed by atoms with Crippen LogP contribution in [-0.2, 0) is 0 Å². The molecule has 3 aromatic rings. The summed E-state index contributed by atoms with van der Waals surface area (Å²) in [5.74, 6) is 0.152. The highest BCUT2D eigenvalue weighted by Gasteiger charge is 2.27. The van der Waals surface area contributed by atoms with E-state index in [0.717, 1.165) is 11.3 Å². The first-order valence-corrected chi connectivity index (χ1v) is 7.22. The molecule has 0 fully saturated rings. The smallest absolute Gasteiger partial charge is 0.294 e. The number of aryl methyl sites for hydroxylation is 1. The molecule has 0 spiro atoms. The zero-order valence-corrected chi connectivity index (χ0v) is 12.3. The third-order valence-electron chi connectivity index (χ3n) is 3.86. The molecular formula is C17H13FN4O. The average Bonchev–Trinajstić information content (AvgIpc) is 2.55. The number of fused-ring (bicyclic) bond motifs is 3. The number of nitrogens with zero attached hydrogens (tertiary/aromatic N) is 3. The lowest BCUT2D eigenvalue weighted by Gasteiger charge is -2.30. The highest BCUT2D eigenvalue weighted by molar-refractivity contribution is 5.76. The minimum absolute atomic E-state index is 0.302. The zero-order valence-electron chi connectivity index (χ0n) is 12.3. The van der Waals surface area contributed by atoms with E-state index < -0.39 is 6.17 Å². The minimum atomic E-state index is -0.428. The molecule has 6 heteroatoms. The van der Waals surface area contributed by atoms with E-state index in [1.54, 1.807) is 17.7 Å². The zero-order chi connectivity index (χ0) is 16.0. The normalized spacial score (nSPS) is 15.5. The molecule has 1 N–H and O–H groups in total. The first-order chi connectivity index (χ1) is 11.1. The highest BCUT2D eigenvalue weighted by Crippen LogP contribution is 2.35. The Kier molecular flexibility index (Phi) is 2.97. The number of nitrogens with one attached hydrogen (secondary N) is 1. The molecule has 1 atom stereocenters. The molecule has 1 aliphatic heterocycles. The number of halogens is 1. The predicted molar refractivity (Wildman–Crippen MR) is 84.6 cm³/mol. The van der Waals surface area contributed by atoms with E-state index in [9.17, 15) is 9.18 Å². The van der Waals surface area contributed by atoms with Crippen LogP contribution >= 0.6 is 0 Å². The first-order valence-electron chi connectivity index (χ1n) is 7.22. The summed E-state index contributed by atoms with van der Waals surface area (Å²) in [6.45, 7) is 1.62. The fraction of sp³-hybridized carbons (Fsp3) is 0.118. The van der Waals surface area contributed by atoms with Gasteiger partial charge in [0.05, 0.1) is 0 Å². The van der Waals surface area contributed by atoms with Gasteiger partial charge in [-0.05, 0) is 36.8 Å². The molecule has 0 saturated carbocycles. The SMILES string of the molecule is Cc1nn2c(nc1=O)-c1ccccc1N[C@H]2c1cccc(F)c1. The number of hydrogen-bond donors (Lipinski definition) is 1. The van der Waals surface area contributed by atoms with Crippen molar-refractivity contribution in [1.82, 2.24) is 14.8 Å². The van der Waals surface area contributed by atoms with E-state index in [1.807, 2.05) is 30.3 Å². The Balaban J connectivity index is 1.99. The maximum Gasteiger partial charge on any atom is 0.294 e. The number of para-hydroxylation sites is 1. The lowest BCUT2D eigenvalue weighted by Crippen LogP contribution is -2.32. The van der Waals surface area contributed by atoms with Gasteiger partial charge in [0, 0.05) is 11.3 Å². The van der Waals surface area contributed by atoms with Crippen molar-refractivity contribution in [3.63, 3.8) is 0 Å². The van der Waals surface area contributed by atoms with Crippen molar-refractivity contribution < 1.29 is 4.39 Å². The van der Waals surface area contributed by atoms with E-state index in [1.165, 1.54) is 12.1 Å². The molecule has 0 amide bonds. The number of hydrogen-bond acceptors (Lipinski definition) is 4. The lowest BCUT2D eigenvalue weighted by molar-refractivity contribution is 0.534. The Morgan fingerprint density at radius 2 is 2.00 bits per heavy atom. The Labute approximate surface area is 131 Å². The monoisotopic (exact) mass is 308 g/mol. The second-order valence-corrected chi connectivity index (χ2v) is 5.42. The van der Waals surface area contributed by atoms with Gasteiger partial charge in [-0.2, -0.15) is 10.1 Å². The van der Waals surface area contributed by atoms with E-state index >= 15 is 0 Å². The predicted octanol–water partition coefficient (Wildman–Crippen LogP) is 2.73. The molecule has 114 valence electrons. The average molecular weight is 308 g/mol. The molecule has 2 aromatic carbocycles. The van der Waals surface area contributed by atoms with Gasteiger partial charge < -0.3 is 5.32 Å². The van der Waals surface area contributed by atoms with Gasteiger partial charge in [-0.25, -0.2) is 9.07 Å². The third-order valence-corrected chi connectivity index (χ3v) is 3.86. The quantitative estimate of drug-likeness (QED) is 0.751. The lowest BCUT2D eigenvalue weighted by atomic mass is 10.1. The van der Waals surface area contributed by atoms with E-state index in [2.05, 4.69) is 15.4 Å². The molecule has 4 rings (SSSR count). The largest absolute Gasteiger partial charge is 0.359 e. The molecule has 1 aromatic heterocycles. The van der Waals surface area contributed by atoms with Crippen LogP contribution in [0.15, 0.2) is 53.3 Å². The standard InChI is InChI=1S/C17H13FN4O/c1-10-17(23)20-16-13-7-2-3-8-14(13)19-15(22(16)21-10)11-5-4-6-12(18)9-11/h2-9,15,19H,1H3/t15-/m1/s1. The molecule has 5 nitrogen and oxygen atoms in total. The second kappa shape index (κ2) is 5.01. The highest BCUT2D eigenvalue weighted by atomic mass is 19.1. The Morgan fingerprint density at radius 1 is 1.17 bits per heavy atom. The van der Waals surface area contributed by atoms with Gasteiger partial charge in [-0.3, -0.25) is 4.79 Å². The minimum Gasteiger partial charge on any atom is -0.359 e. The van der Waals surface area contributed by atoms with Crippen LogP contribution in [0.1, 0.15) is 17.4 Å². The van der Waals surface area contributed by atoms with Gasteiger partial charge in [-0.15, -0.1) is 0 Å². The van der Waals surface area contributed by atoms with Crippen LogP contribution in [0.2, 0.25) is 0 Å². The summed E-state index contributed by atoms with van der Waals surface area (Å²) in [4.78, 5) is 16.1. The van der Waals surface area contributed by atoms with Crippen molar-refractivity contribution in [2.45, 2.75) is 13.1 Å².